The van der Waals surface area contributed by atoms with Crippen LogP contribution in [0.4, 0.5) is 4.79 Å². The molecule has 3 aromatic rings. The van der Waals surface area contributed by atoms with Crippen LogP contribution in [0.1, 0.15) is 74.6 Å². The third kappa shape index (κ3) is 10.9. The summed E-state index contributed by atoms with van der Waals surface area (Å²) < 4.78 is 22.6. The number of nitrogens with zero attached hydrogens (tertiary/aromatic N) is 3. The van der Waals surface area contributed by atoms with Crippen LogP contribution in [0.25, 0.3) is 0 Å². The summed E-state index contributed by atoms with van der Waals surface area (Å²) in [6.45, 7) is 9.68. The molecule has 1 aliphatic carbocycles. The van der Waals surface area contributed by atoms with Gasteiger partial charge >= 0.3 is 6.09 Å². The Bertz CT molecular complexity index is 1640. The number of hydrogen-bond acceptors (Lipinski definition) is 7. The molecule has 0 bridgehead atoms. The number of pyridine rings is 1. The summed E-state index contributed by atoms with van der Waals surface area (Å²) in [7, 11) is 1.70. The van der Waals surface area contributed by atoms with Crippen molar-refractivity contribution in [1.29, 1.82) is 0 Å². The van der Waals surface area contributed by atoms with E-state index in [1.165, 1.54) is 0 Å². The molecule has 1 aliphatic heterocycles. The van der Waals surface area contributed by atoms with Crippen LogP contribution < -0.4 is 9.47 Å². The SMILES string of the molecule is COCCCc1ccc(Cl)c(CN(C(=O)[C@H]2CN(C(=O)OC(C)(C)C)CC[C@@H]2c2ccc(OCCOc3c(Cl)cc(C)cc3Cl)nc2)C2CC2)c1. The maximum Gasteiger partial charge on any atom is 0.410 e. The Labute approximate surface area is 316 Å². The van der Waals surface area contributed by atoms with Gasteiger partial charge in [0.15, 0.2) is 5.75 Å². The third-order valence-electron chi connectivity index (χ3n) is 9.03. The highest BCUT2D eigenvalue weighted by molar-refractivity contribution is 6.37. The minimum absolute atomic E-state index is 0.00233. The fourth-order valence-corrected chi connectivity index (χ4v) is 7.28. The second-order valence-corrected chi connectivity index (χ2v) is 15.6. The quantitative estimate of drug-likeness (QED) is 0.152. The van der Waals surface area contributed by atoms with Crippen molar-refractivity contribution in [3.8, 4) is 11.6 Å². The highest BCUT2D eigenvalue weighted by atomic mass is 35.5. The van der Waals surface area contributed by atoms with Gasteiger partial charge in [-0.2, -0.15) is 0 Å². The number of rotatable bonds is 14. The smallest absolute Gasteiger partial charge is 0.410 e. The van der Waals surface area contributed by atoms with Crippen LogP contribution in [0, 0.1) is 12.8 Å². The molecule has 2 aromatic carbocycles. The molecule has 0 radical (unpaired) electrons. The lowest BCUT2D eigenvalue weighted by Crippen LogP contribution is -2.51. The maximum absolute atomic E-state index is 14.7. The highest BCUT2D eigenvalue weighted by Gasteiger charge is 2.43. The number of methoxy groups -OCH3 is 1. The number of carbonyl (C=O) groups is 2. The van der Waals surface area contributed by atoms with Crippen molar-refractivity contribution in [2.75, 3.05) is 40.0 Å². The van der Waals surface area contributed by atoms with Crippen LogP contribution in [0.5, 0.6) is 11.6 Å². The molecule has 0 N–H and O–H groups in total. The Balaban J connectivity index is 1.31. The molecule has 1 saturated heterocycles. The van der Waals surface area contributed by atoms with Crippen LogP contribution in [0.15, 0.2) is 48.7 Å². The number of halogens is 3. The zero-order valence-electron chi connectivity index (χ0n) is 30.1. The van der Waals surface area contributed by atoms with Crippen LogP contribution in [-0.4, -0.2) is 78.4 Å². The van der Waals surface area contributed by atoms with Crippen LogP contribution in [0.3, 0.4) is 0 Å². The van der Waals surface area contributed by atoms with E-state index >= 15 is 0 Å². The van der Waals surface area contributed by atoms with E-state index in [0.29, 0.717) is 52.8 Å². The summed E-state index contributed by atoms with van der Waals surface area (Å²) in [6, 6.07) is 13.5. The molecule has 51 heavy (non-hydrogen) atoms. The monoisotopic (exact) mass is 759 g/mol. The molecule has 1 saturated carbocycles. The summed E-state index contributed by atoms with van der Waals surface area (Å²) in [5, 5.41) is 1.52. The summed E-state index contributed by atoms with van der Waals surface area (Å²) in [5.74, 6) is 0.187. The molecule has 2 heterocycles. The largest absolute Gasteiger partial charge is 0.487 e. The Kier molecular flexibility index (Phi) is 13.4. The number of hydrogen-bond donors (Lipinski definition) is 0. The van der Waals surface area contributed by atoms with E-state index in [1.54, 1.807) is 36.4 Å². The Morgan fingerprint density at radius 1 is 0.941 bits per heavy atom. The average molecular weight is 761 g/mol. The summed E-state index contributed by atoms with van der Waals surface area (Å²) in [5.41, 5.74) is 3.28. The molecule has 5 rings (SSSR count). The minimum atomic E-state index is -0.651. The lowest BCUT2D eigenvalue weighted by Gasteiger charge is -2.40. The van der Waals surface area contributed by atoms with Gasteiger partial charge in [0, 0.05) is 62.6 Å². The van der Waals surface area contributed by atoms with Crippen LogP contribution in [-0.2, 0) is 27.2 Å². The van der Waals surface area contributed by atoms with Gasteiger partial charge in [-0.15, -0.1) is 0 Å². The first kappa shape index (κ1) is 39.0. The fourth-order valence-electron chi connectivity index (χ4n) is 6.40. The van der Waals surface area contributed by atoms with Gasteiger partial charge in [-0.3, -0.25) is 4.79 Å². The molecule has 2 atom stereocenters. The number of aryl methyl sites for hydroxylation is 2. The standard InChI is InChI=1S/C39H48Cl3N3O6/c1-25-19-33(41)36(34(42)20-25)50-18-17-49-35-13-9-27(22-43-35)30-14-15-44(38(47)51-39(2,3)4)24-31(30)37(46)45(29-10-11-29)23-28-21-26(7-6-16-48-5)8-12-32(28)40/h8-9,12-13,19-22,29-31H,6-7,10-11,14-18,23-24H2,1-5H3/t30-,31+/m1/s1. The molecule has 1 aromatic heterocycles. The predicted octanol–water partition coefficient (Wildman–Crippen LogP) is 8.92. The molecular formula is C39H48Cl3N3O6. The second-order valence-electron chi connectivity index (χ2n) is 14.3. The van der Waals surface area contributed by atoms with Gasteiger partial charge in [-0.05, 0) is 100 Å². The molecule has 2 amide bonds. The molecule has 0 spiro atoms. The number of ether oxygens (including phenoxy) is 4. The molecule has 276 valence electrons. The van der Waals surface area contributed by atoms with E-state index in [-0.39, 0.29) is 37.6 Å². The van der Waals surface area contributed by atoms with E-state index < -0.39 is 17.6 Å². The van der Waals surface area contributed by atoms with Crippen molar-refractivity contribution in [3.63, 3.8) is 0 Å². The van der Waals surface area contributed by atoms with Crippen molar-refractivity contribution >= 4 is 46.8 Å². The Morgan fingerprint density at radius 2 is 1.67 bits per heavy atom. The van der Waals surface area contributed by atoms with Gasteiger partial charge in [0.05, 0.1) is 16.0 Å². The number of likely N-dealkylation sites (tertiary alicyclic amines) is 1. The topological polar surface area (TPSA) is 90.4 Å². The predicted molar refractivity (Wildman–Crippen MR) is 200 cm³/mol. The molecule has 2 aliphatic rings. The average Bonchev–Trinajstić information content (AvgIpc) is 3.92. The first-order valence-electron chi connectivity index (χ1n) is 17.5. The first-order valence-corrected chi connectivity index (χ1v) is 18.7. The van der Waals surface area contributed by atoms with Crippen LogP contribution >= 0.6 is 34.8 Å². The van der Waals surface area contributed by atoms with E-state index in [1.807, 2.05) is 50.8 Å². The van der Waals surface area contributed by atoms with Crippen LogP contribution in [0.2, 0.25) is 15.1 Å². The summed E-state index contributed by atoms with van der Waals surface area (Å²) in [6.07, 6.45) is 5.56. The van der Waals surface area contributed by atoms with Gasteiger partial charge < -0.3 is 28.7 Å². The lowest BCUT2D eigenvalue weighted by atomic mass is 9.80. The molecule has 0 unspecified atom stereocenters. The zero-order valence-corrected chi connectivity index (χ0v) is 32.3. The number of piperidine rings is 1. The van der Waals surface area contributed by atoms with E-state index in [9.17, 15) is 9.59 Å². The molecule has 2 fully saturated rings. The number of carbonyl (C=O) groups excluding carboxylic acids is 2. The van der Waals surface area contributed by atoms with E-state index in [4.69, 9.17) is 53.8 Å². The van der Waals surface area contributed by atoms with Gasteiger partial charge in [0.1, 0.15) is 18.8 Å². The highest BCUT2D eigenvalue weighted by Crippen LogP contribution is 2.39. The minimum Gasteiger partial charge on any atom is -0.487 e. The molecule has 9 nitrogen and oxygen atoms in total. The van der Waals surface area contributed by atoms with Crippen molar-refractivity contribution in [2.45, 2.75) is 83.9 Å². The molecular weight excluding hydrogens is 713 g/mol. The van der Waals surface area contributed by atoms with Crippen molar-refractivity contribution in [3.05, 3.63) is 86.0 Å². The van der Waals surface area contributed by atoms with Crippen molar-refractivity contribution in [2.24, 2.45) is 5.92 Å². The van der Waals surface area contributed by atoms with E-state index in [0.717, 1.165) is 47.9 Å². The van der Waals surface area contributed by atoms with Gasteiger partial charge in [-0.25, -0.2) is 9.78 Å². The first-order chi connectivity index (χ1) is 24.3. The van der Waals surface area contributed by atoms with Crippen molar-refractivity contribution in [1.82, 2.24) is 14.8 Å². The molecule has 12 heteroatoms. The number of amides is 2. The van der Waals surface area contributed by atoms with Gasteiger partial charge in [-0.1, -0.05) is 53.0 Å². The Morgan fingerprint density at radius 3 is 2.31 bits per heavy atom. The maximum atomic E-state index is 14.7. The zero-order chi connectivity index (χ0) is 36.7. The summed E-state index contributed by atoms with van der Waals surface area (Å²) >= 11 is 19.3. The van der Waals surface area contributed by atoms with Gasteiger partial charge in [0.2, 0.25) is 11.8 Å². The Hall–Kier alpha value is -3.24. The van der Waals surface area contributed by atoms with Crippen molar-refractivity contribution < 1.29 is 28.5 Å². The van der Waals surface area contributed by atoms with E-state index in [2.05, 4.69) is 11.1 Å². The lowest BCUT2D eigenvalue weighted by molar-refractivity contribution is -0.139. The normalized spacial score (nSPS) is 17.6. The number of benzene rings is 2. The van der Waals surface area contributed by atoms with Gasteiger partial charge in [0.25, 0.3) is 0 Å². The fraction of sp³-hybridized carbons (Fsp3) is 0.513. The number of aromatic nitrogens is 1. The third-order valence-corrected chi connectivity index (χ3v) is 9.96. The second kappa shape index (κ2) is 17.5. The summed E-state index contributed by atoms with van der Waals surface area (Å²) in [4.78, 5) is 36.1.